The second-order valence-corrected chi connectivity index (χ2v) is 10.6. The number of phosphoric acid groups is 1. The first-order valence-corrected chi connectivity index (χ1v) is 12.9. The van der Waals surface area contributed by atoms with Crippen LogP contribution in [0.3, 0.4) is 0 Å². The number of phosphoric ester groups is 1. The van der Waals surface area contributed by atoms with E-state index >= 15 is 0 Å². The number of ether oxygens (including phenoxy) is 1. The number of carboxylic acid groups (broad SMARTS) is 1. The average molecular weight is 554 g/mol. The molecule has 0 aliphatic rings. The summed E-state index contributed by atoms with van der Waals surface area (Å²) in [6.45, 7) is 0.434. The minimum atomic E-state index is -4.39. The van der Waals surface area contributed by atoms with Crippen molar-refractivity contribution in [1.29, 1.82) is 0 Å². The molecule has 0 aromatic heterocycles. The monoisotopic (exact) mass is 553 g/mol. The number of nitro benzene ring substituents is 2. The van der Waals surface area contributed by atoms with Crippen molar-refractivity contribution in [2.24, 2.45) is 0 Å². The van der Waals surface area contributed by atoms with Crippen LogP contribution >= 0.6 is 7.82 Å². The first-order chi connectivity index (χ1) is 16.7. The third kappa shape index (κ3) is 15.2. The van der Waals surface area contributed by atoms with Crippen molar-refractivity contribution in [2.45, 2.75) is 51.0 Å². The maximum absolute atomic E-state index is 12.2. The van der Waals surface area contributed by atoms with Gasteiger partial charge in [0.1, 0.15) is 12.6 Å². The van der Waals surface area contributed by atoms with Crippen molar-refractivity contribution in [3.8, 4) is 5.75 Å². The highest BCUT2D eigenvalue weighted by Gasteiger charge is 2.31. The molecule has 1 rings (SSSR count). The van der Waals surface area contributed by atoms with E-state index in [1.165, 1.54) is 6.07 Å². The Morgan fingerprint density at radius 2 is 1.59 bits per heavy atom. The minimum absolute atomic E-state index is 0. The van der Waals surface area contributed by atoms with Gasteiger partial charge in [-0.25, -0.2) is 4.57 Å². The van der Waals surface area contributed by atoms with Crippen molar-refractivity contribution < 1.29 is 52.9 Å². The zero-order chi connectivity index (χ0) is 27.4. The van der Waals surface area contributed by atoms with Crippen molar-refractivity contribution in [3.05, 3.63) is 38.4 Å². The molecule has 0 heterocycles. The molecule has 37 heavy (non-hydrogen) atoms. The first-order valence-electron chi connectivity index (χ1n) is 11.4. The van der Waals surface area contributed by atoms with Crippen LogP contribution in [0.5, 0.6) is 5.75 Å². The standard InChI is InChI=1S/C21H34N3O11P.H2O/c1-24(2,3)16-18(15-21(25)26)35-36(31,32)34-13-9-7-5-4-6-8-12-33-20-11-10-17(22(27)28)14-19(20)23(29)30;/h10-11,14,18H,4-9,12-13,15-16H2,1-3H3,(H-,25,26,31,32);1H2. The first kappa shape index (κ1) is 34.3. The highest BCUT2D eigenvalue weighted by molar-refractivity contribution is 7.47. The summed E-state index contributed by atoms with van der Waals surface area (Å²) in [6.07, 6.45) is 2.93. The third-order valence-corrected chi connectivity index (χ3v) is 5.91. The molecule has 0 radical (unpaired) electrons. The Morgan fingerprint density at radius 3 is 2.11 bits per heavy atom. The van der Waals surface area contributed by atoms with Gasteiger partial charge in [-0.05, 0) is 18.9 Å². The minimum Gasteiger partial charge on any atom is -0.870 e. The molecule has 16 heteroatoms. The highest BCUT2D eigenvalue weighted by Crippen LogP contribution is 2.45. The Hall–Kier alpha value is -2.68. The van der Waals surface area contributed by atoms with E-state index in [-0.39, 0.29) is 36.7 Å². The summed E-state index contributed by atoms with van der Waals surface area (Å²) in [5, 5.41) is 30.9. The Bertz CT molecular complexity index is 938. The van der Waals surface area contributed by atoms with E-state index in [4.69, 9.17) is 18.9 Å². The van der Waals surface area contributed by atoms with Gasteiger partial charge in [0.15, 0.2) is 5.75 Å². The van der Waals surface area contributed by atoms with Crippen LogP contribution in [0.25, 0.3) is 0 Å². The van der Waals surface area contributed by atoms with Crippen LogP contribution in [-0.4, -0.2) is 82.8 Å². The topological polar surface area (TPSA) is 219 Å². The molecule has 0 spiro atoms. The average Bonchev–Trinajstić information content (AvgIpc) is 2.72. The molecule has 1 aromatic rings. The van der Waals surface area contributed by atoms with Gasteiger partial charge in [0.2, 0.25) is 0 Å². The third-order valence-electron chi connectivity index (χ3n) is 4.84. The van der Waals surface area contributed by atoms with Gasteiger partial charge in [-0.15, -0.1) is 0 Å². The molecule has 2 unspecified atom stereocenters. The zero-order valence-electron chi connectivity index (χ0n) is 21.2. The largest absolute Gasteiger partial charge is 0.870 e. The van der Waals surface area contributed by atoms with Crippen molar-refractivity contribution >= 4 is 25.2 Å². The highest BCUT2D eigenvalue weighted by atomic mass is 31.2. The van der Waals surface area contributed by atoms with Gasteiger partial charge < -0.3 is 24.7 Å². The lowest BCUT2D eigenvalue weighted by molar-refractivity contribution is -0.873. The predicted molar refractivity (Wildman–Crippen MR) is 131 cm³/mol. The van der Waals surface area contributed by atoms with Crippen LogP contribution in [0.1, 0.15) is 44.9 Å². The van der Waals surface area contributed by atoms with Crippen LogP contribution in [-0.2, 0) is 18.4 Å². The van der Waals surface area contributed by atoms with E-state index in [1.54, 1.807) is 0 Å². The second-order valence-electron chi connectivity index (χ2n) is 9.24. The van der Waals surface area contributed by atoms with E-state index in [2.05, 4.69) is 0 Å². The number of likely N-dealkylation sites (N-methyl/N-ethyl adjacent to an activating group) is 1. The van der Waals surface area contributed by atoms with Gasteiger partial charge >= 0.3 is 19.5 Å². The van der Waals surface area contributed by atoms with Gasteiger partial charge in [-0.1, -0.05) is 25.7 Å². The summed E-state index contributed by atoms with van der Waals surface area (Å²) in [4.78, 5) is 41.3. The SMILES string of the molecule is C[N+](C)(C)CC(CC(=O)O)OP(=O)(O)OCCCCCCCCOc1ccc([N+](=O)[O-])cc1[N+](=O)[O-].[OH-]. The van der Waals surface area contributed by atoms with Gasteiger partial charge in [0.25, 0.3) is 5.69 Å². The van der Waals surface area contributed by atoms with E-state index in [0.717, 1.165) is 37.8 Å². The Morgan fingerprint density at radius 1 is 1.03 bits per heavy atom. The van der Waals surface area contributed by atoms with Gasteiger partial charge in [-0.2, -0.15) is 0 Å². The molecule has 3 N–H and O–H groups in total. The normalized spacial score (nSPS) is 13.7. The number of benzene rings is 1. The van der Waals surface area contributed by atoms with Crippen molar-refractivity contribution in [3.63, 3.8) is 0 Å². The lowest BCUT2D eigenvalue weighted by Crippen LogP contribution is -2.42. The lowest BCUT2D eigenvalue weighted by Gasteiger charge is -2.29. The Labute approximate surface area is 214 Å². The molecule has 0 saturated carbocycles. The van der Waals surface area contributed by atoms with E-state index in [0.29, 0.717) is 17.3 Å². The zero-order valence-corrected chi connectivity index (χ0v) is 22.1. The van der Waals surface area contributed by atoms with Gasteiger partial charge in [0, 0.05) is 6.07 Å². The van der Waals surface area contributed by atoms with Crippen LogP contribution in [0, 0.1) is 20.2 Å². The fraction of sp³-hybridized carbons (Fsp3) is 0.667. The summed E-state index contributed by atoms with van der Waals surface area (Å²) < 4.78 is 28.0. The molecule has 2 atom stereocenters. The number of carbonyl (C=O) groups is 1. The fourth-order valence-corrected chi connectivity index (χ4v) is 4.26. The molecule has 0 aliphatic heterocycles. The van der Waals surface area contributed by atoms with Crippen LogP contribution in [0.15, 0.2) is 18.2 Å². The summed E-state index contributed by atoms with van der Waals surface area (Å²) >= 11 is 0. The number of unbranched alkanes of at least 4 members (excludes halogenated alkanes) is 5. The number of nitrogens with zero attached hydrogens (tertiary/aromatic N) is 3. The molecule has 0 aliphatic carbocycles. The van der Waals surface area contributed by atoms with Gasteiger partial charge in [0.05, 0.1) is 56.7 Å². The lowest BCUT2D eigenvalue weighted by atomic mass is 10.1. The number of quaternary nitrogens is 1. The molecule has 0 bridgehead atoms. The van der Waals surface area contributed by atoms with Crippen LogP contribution < -0.4 is 4.74 Å². The Kier molecular flexibility index (Phi) is 15.0. The van der Waals surface area contributed by atoms with Crippen molar-refractivity contribution in [1.82, 2.24) is 0 Å². The molecule has 0 saturated heterocycles. The molecule has 0 amide bonds. The van der Waals surface area contributed by atoms with Crippen molar-refractivity contribution in [2.75, 3.05) is 40.9 Å². The summed E-state index contributed by atoms with van der Waals surface area (Å²) in [5.74, 6) is -1.16. The van der Waals surface area contributed by atoms with E-state index < -0.39 is 41.9 Å². The molecular formula is C21H36N3O12P. The number of hydrogen-bond donors (Lipinski definition) is 2. The predicted octanol–water partition coefficient (Wildman–Crippen LogP) is 3.73. The maximum atomic E-state index is 12.2. The van der Waals surface area contributed by atoms with E-state index in [1.807, 2.05) is 21.1 Å². The smallest absolute Gasteiger partial charge is 0.472 e. The number of non-ortho nitro benzene ring substituents is 1. The quantitative estimate of drug-likeness (QED) is 0.0823. The molecule has 212 valence electrons. The second kappa shape index (κ2) is 16.2. The van der Waals surface area contributed by atoms with Crippen LogP contribution in [0.4, 0.5) is 11.4 Å². The molecule has 1 aromatic carbocycles. The fourth-order valence-electron chi connectivity index (χ4n) is 3.32. The summed E-state index contributed by atoms with van der Waals surface area (Å²) in [7, 11) is 1.05. The number of rotatable bonds is 19. The Balaban J connectivity index is 0.0000130. The van der Waals surface area contributed by atoms with E-state index in [9.17, 15) is 34.5 Å². The summed E-state index contributed by atoms with van der Waals surface area (Å²) in [5.41, 5.74) is -0.840. The molecule has 0 fully saturated rings. The van der Waals surface area contributed by atoms with Gasteiger partial charge in [-0.3, -0.25) is 34.1 Å². The number of carboxylic acids is 1. The molecule has 15 nitrogen and oxygen atoms in total. The number of nitro groups is 2. The number of hydrogen-bond acceptors (Lipinski definition) is 10. The molecular weight excluding hydrogens is 517 g/mol. The summed E-state index contributed by atoms with van der Waals surface area (Å²) in [6, 6.07) is 3.23. The van der Waals surface area contributed by atoms with Crippen LogP contribution in [0.2, 0.25) is 0 Å². The number of aliphatic carboxylic acids is 1. The maximum Gasteiger partial charge on any atom is 0.472 e.